The number of methoxy groups -OCH3 is 1. The molecule has 1 heterocycles. The number of hydrogen-bond acceptors (Lipinski definition) is 2. The number of esters is 1. The Morgan fingerprint density at radius 2 is 1.84 bits per heavy atom. The van der Waals surface area contributed by atoms with Gasteiger partial charge in [0.2, 0.25) is 0 Å². The molecule has 0 N–H and O–H groups in total. The second-order valence-electron chi connectivity index (χ2n) is 3.81. The van der Waals surface area contributed by atoms with Crippen molar-refractivity contribution in [3.05, 3.63) is 53.9 Å². The lowest BCUT2D eigenvalue weighted by molar-refractivity contribution is -0.137. The van der Waals surface area contributed by atoms with Crippen LogP contribution in [0.4, 0.5) is 13.2 Å². The molecule has 1 aromatic heterocycles. The standard InChI is InChI=1S/C13H10F3NO2/c1-19-12(18)9-4-5-11(17-6-2-3-7-17)10(8-9)13(14,15)16/h2-8H,1H3. The van der Waals surface area contributed by atoms with Gasteiger partial charge in [0.25, 0.3) is 0 Å². The number of carbonyl (C=O) groups is 1. The highest BCUT2D eigenvalue weighted by molar-refractivity contribution is 5.90. The van der Waals surface area contributed by atoms with E-state index in [1.165, 1.54) is 29.1 Å². The average Bonchev–Trinajstić information content (AvgIpc) is 2.90. The maximum Gasteiger partial charge on any atom is 0.418 e. The van der Waals surface area contributed by atoms with E-state index in [0.717, 1.165) is 13.2 Å². The van der Waals surface area contributed by atoms with Crippen molar-refractivity contribution < 1.29 is 22.7 Å². The first-order valence-electron chi connectivity index (χ1n) is 5.36. The molecule has 0 unspecified atom stereocenters. The highest BCUT2D eigenvalue weighted by atomic mass is 19.4. The Labute approximate surface area is 107 Å². The number of ether oxygens (including phenoxy) is 1. The molecule has 0 atom stereocenters. The molecule has 0 aliphatic carbocycles. The minimum atomic E-state index is -4.55. The van der Waals surface area contributed by atoms with Crippen molar-refractivity contribution in [1.29, 1.82) is 0 Å². The average molecular weight is 269 g/mol. The summed E-state index contributed by atoms with van der Waals surface area (Å²) < 4.78 is 44.8. The Kier molecular flexibility index (Phi) is 3.33. The van der Waals surface area contributed by atoms with Gasteiger partial charge in [-0.05, 0) is 30.3 Å². The monoisotopic (exact) mass is 269 g/mol. The van der Waals surface area contributed by atoms with Crippen LogP contribution in [0.15, 0.2) is 42.7 Å². The van der Waals surface area contributed by atoms with Crippen molar-refractivity contribution in [2.75, 3.05) is 7.11 Å². The van der Waals surface area contributed by atoms with Crippen molar-refractivity contribution >= 4 is 5.97 Å². The molecule has 0 aliphatic heterocycles. The zero-order valence-corrected chi connectivity index (χ0v) is 9.94. The fourth-order valence-electron chi connectivity index (χ4n) is 1.73. The van der Waals surface area contributed by atoms with Crippen molar-refractivity contribution in [2.24, 2.45) is 0 Å². The normalized spacial score (nSPS) is 11.4. The van der Waals surface area contributed by atoms with Gasteiger partial charge in [-0.15, -0.1) is 0 Å². The fraction of sp³-hybridized carbons (Fsp3) is 0.154. The maximum absolute atomic E-state index is 13.0. The van der Waals surface area contributed by atoms with Gasteiger partial charge < -0.3 is 9.30 Å². The van der Waals surface area contributed by atoms with E-state index >= 15 is 0 Å². The zero-order valence-electron chi connectivity index (χ0n) is 9.94. The Morgan fingerprint density at radius 3 is 2.37 bits per heavy atom. The zero-order chi connectivity index (χ0) is 14.0. The van der Waals surface area contributed by atoms with Crippen LogP contribution in [0.5, 0.6) is 0 Å². The Hall–Kier alpha value is -2.24. The smallest absolute Gasteiger partial charge is 0.418 e. The van der Waals surface area contributed by atoms with Crippen LogP contribution >= 0.6 is 0 Å². The number of hydrogen-bond donors (Lipinski definition) is 0. The van der Waals surface area contributed by atoms with Gasteiger partial charge in [0.15, 0.2) is 0 Å². The summed E-state index contributed by atoms with van der Waals surface area (Å²) in [6, 6.07) is 6.58. The number of aromatic nitrogens is 1. The summed E-state index contributed by atoms with van der Waals surface area (Å²) in [5.74, 6) is -0.801. The number of carbonyl (C=O) groups excluding carboxylic acids is 1. The van der Waals surface area contributed by atoms with E-state index < -0.39 is 17.7 Å². The summed E-state index contributed by atoms with van der Waals surface area (Å²) >= 11 is 0. The molecule has 1 aromatic carbocycles. The molecule has 3 nitrogen and oxygen atoms in total. The minimum absolute atomic E-state index is 0.0369. The number of nitrogens with zero attached hydrogens (tertiary/aromatic N) is 1. The van der Waals surface area contributed by atoms with Gasteiger partial charge in [-0.3, -0.25) is 0 Å². The molecule has 0 aliphatic rings. The predicted molar refractivity (Wildman–Crippen MR) is 62.1 cm³/mol. The topological polar surface area (TPSA) is 31.2 Å². The molecule has 0 bridgehead atoms. The van der Waals surface area contributed by atoms with Gasteiger partial charge in [-0.1, -0.05) is 0 Å². The largest absolute Gasteiger partial charge is 0.465 e. The highest BCUT2D eigenvalue weighted by Crippen LogP contribution is 2.34. The van der Waals surface area contributed by atoms with Crippen LogP contribution in [0.25, 0.3) is 5.69 Å². The molecule has 0 saturated heterocycles. The fourth-order valence-corrected chi connectivity index (χ4v) is 1.73. The molecular weight excluding hydrogens is 259 g/mol. The highest BCUT2D eigenvalue weighted by Gasteiger charge is 2.34. The number of alkyl halides is 3. The van der Waals surface area contributed by atoms with E-state index in [0.29, 0.717) is 0 Å². The molecule has 2 aromatic rings. The third kappa shape index (κ3) is 2.62. The maximum atomic E-state index is 13.0. The van der Waals surface area contributed by atoms with Crippen molar-refractivity contribution in [2.45, 2.75) is 6.18 Å². The molecule has 2 rings (SSSR count). The molecule has 0 amide bonds. The predicted octanol–water partition coefficient (Wildman–Crippen LogP) is 3.28. The Bertz CT molecular complexity index is 588. The lowest BCUT2D eigenvalue weighted by atomic mass is 10.1. The second-order valence-corrected chi connectivity index (χ2v) is 3.81. The van der Waals surface area contributed by atoms with Gasteiger partial charge in [-0.2, -0.15) is 13.2 Å². The van der Waals surface area contributed by atoms with E-state index in [9.17, 15) is 18.0 Å². The van der Waals surface area contributed by atoms with Crippen LogP contribution in [0.3, 0.4) is 0 Å². The molecule has 0 radical (unpaired) electrons. The second kappa shape index (κ2) is 4.79. The summed E-state index contributed by atoms with van der Waals surface area (Å²) in [5.41, 5.74) is -1.05. The molecule has 0 spiro atoms. The molecule has 100 valence electrons. The molecule has 0 saturated carbocycles. The van der Waals surface area contributed by atoms with E-state index in [4.69, 9.17) is 0 Å². The van der Waals surface area contributed by atoms with Crippen LogP contribution in [0, 0.1) is 0 Å². The summed E-state index contributed by atoms with van der Waals surface area (Å²) in [5, 5.41) is 0. The number of rotatable bonds is 2. The third-order valence-corrected chi connectivity index (χ3v) is 2.61. The number of benzene rings is 1. The van der Waals surface area contributed by atoms with Crippen LogP contribution in [0.2, 0.25) is 0 Å². The lowest BCUT2D eigenvalue weighted by Gasteiger charge is -2.14. The Morgan fingerprint density at radius 1 is 1.21 bits per heavy atom. The van der Waals surface area contributed by atoms with Gasteiger partial charge >= 0.3 is 12.1 Å². The van der Waals surface area contributed by atoms with Crippen LogP contribution in [-0.2, 0) is 10.9 Å². The summed E-state index contributed by atoms with van der Waals surface area (Å²) in [7, 11) is 1.12. The van der Waals surface area contributed by atoms with Gasteiger partial charge in [-0.25, -0.2) is 4.79 Å². The molecule has 6 heteroatoms. The third-order valence-electron chi connectivity index (χ3n) is 2.61. The first-order valence-corrected chi connectivity index (χ1v) is 5.36. The Balaban J connectivity index is 2.59. The van der Waals surface area contributed by atoms with Crippen molar-refractivity contribution in [3.63, 3.8) is 0 Å². The lowest BCUT2D eigenvalue weighted by Crippen LogP contribution is -2.12. The van der Waals surface area contributed by atoms with Crippen LogP contribution in [-0.4, -0.2) is 17.6 Å². The first kappa shape index (κ1) is 13.2. The SMILES string of the molecule is COC(=O)c1ccc(-n2cccc2)c(C(F)(F)F)c1. The van der Waals surface area contributed by atoms with E-state index in [-0.39, 0.29) is 11.3 Å². The van der Waals surface area contributed by atoms with Crippen LogP contribution in [0.1, 0.15) is 15.9 Å². The van der Waals surface area contributed by atoms with E-state index in [1.807, 2.05) is 0 Å². The molecule has 0 fully saturated rings. The van der Waals surface area contributed by atoms with Crippen LogP contribution < -0.4 is 0 Å². The van der Waals surface area contributed by atoms with Gasteiger partial charge in [0.1, 0.15) is 0 Å². The van der Waals surface area contributed by atoms with Crippen molar-refractivity contribution in [3.8, 4) is 5.69 Å². The molecule has 19 heavy (non-hydrogen) atoms. The quantitative estimate of drug-likeness (QED) is 0.783. The van der Waals surface area contributed by atoms with E-state index in [2.05, 4.69) is 4.74 Å². The number of halogens is 3. The van der Waals surface area contributed by atoms with Crippen molar-refractivity contribution in [1.82, 2.24) is 4.57 Å². The van der Waals surface area contributed by atoms with E-state index in [1.54, 1.807) is 12.1 Å². The molecular formula is C13H10F3NO2. The summed E-state index contributed by atoms with van der Waals surface area (Å²) in [6.07, 6.45) is -1.55. The van der Waals surface area contributed by atoms with Gasteiger partial charge in [0.05, 0.1) is 23.9 Å². The first-order chi connectivity index (χ1) is 8.93. The minimum Gasteiger partial charge on any atom is -0.465 e. The summed E-state index contributed by atoms with van der Waals surface area (Å²) in [4.78, 5) is 11.3. The van der Waals surface area contributed by atoms with Gasteiger partial charge in [0, 0.05) is 12.4 Å². The summed E-state index contributed by atoms with van der Waals surface area (Å²) in [6.45, 7) is 0.